The number of aryl methyl sites for hydroxylation is 1. The van der Waals surface area contributed by atoms with Crippen molar-refractivity contribution in [2.24, 2.45) is 0 Å². The number of methoxy groups -OCH3 is 1. The third-order valence-corrected chi connectivity index (χ3v) is 3.18. The Bertz CT molecular complexity index is 458. The normalized spacial score (nSPS) is 13.9. The molecule has 1 rings (SSSR count). The molecule has 112 valence electrons. The molecule has 0 aliphatic rings. The van der Waals surface area contributed by atoms with Crippen LogP contribution in [0.4, 0.5) is 0 Å². The summed E-state index contributed by atoms with van der Waals surface area (Å²) in [5, 5.41) is 6.22. The fraction of sp³-hybridized carbons (Fsp3) is 0.562. The highest BCUT2D eigenvalue weighted by Crippen LogP contribution is 2.26. The van der Waals surface area contributed by atoms with Crippen LogP contribution in [0.1, 0.15) is 44.9 Å². The second kappa shape index (κ2) is 7.29. The Balaban J connectivity index is 2.78. The summed E-state index contributed by atoms with van der Waals surface area (Å²) in [7, 11) is 1.66. The minimum absolute atomic E-state index is 0.0125. The minimum atomic E-state index is -0.252. The van der Waals surface area contributed by atoms with Crippen LogP contribution in [0.2, 0.25) is 0 Å². The van der Waals surface area contributed by atoms with Crippen molar-refractivity contribution in [3.63, 3.8) is 0 Å². The largest absolute Gasteiger partial charge is 0.496 e. The number of hydrogen-bond donors (Lipinski definition) is 2. The lowest BCUT2D eigenvalue weighted by atomic mass is 10.0. The molecular formula is C16H26N2O2. The molecule has 0 aliphatic carbocycles. The summed E-state index contributed by atoms with van der Waals surface area (Å²) in [5.74, 6) is 0.852. The average molecular weight is 278 g/mol. The van der Waals surface area contributed by atoms with Gasteiger partial charge in [0.25, 0.3) is 0 Å². The van der Waals surface area contributed by atoms with E-state index < -0.39 is 0 Å². The Hall–Kier alpha value is -1.55. The second-order valence-electron chi connectivity index (χ2n) is 5.52. The number of carbonyl (C=O) groups is 1. The van der Waals surface area contributed by atoms with E-state index in [0.29, 0.717) is 0 Å². The third kappa shape index (κ3) is 4.53. The molecule has 20 heavy (non-hydrogen) atoms. The fourth-order valence-electron chi connectivity index (χ4n) is 2.14. The van der Waals surface area contributed by atoms with Crippen LogP contribution in [0.3, 0.4) is 0 Å². The van der Waals surface area contributed by atoms with Gasteiger partial charge in [0.2, 0.25) is 5.91 Å². The van der Waals surface area contributed by atoms with Crippen molar-refractivity contribution in [3.05, 3.63) is 29.3 Å². The number of nitrogens with one attached hydrogen (secondary N) is 2. The second-order valence-corrected chi connectivity index (χ2v) is 5.52. The van der Waals surface area contributed by atoms with E-state index in [4.69, 9.17) is 4.74 Å². The summed E-state index contributed by atoms with van der Waals surface area (Å²) in [4.78, 5) is 11.9. The molecule has 0 aromatic heterocycles. The Morgan fingerprint density at radius 2 is 1.85 bits per heavy atom. The topological polar surface area (TPSA) is 50.4 Å². The van der Waals surface area contributed by atoms with Crippen molar-refractivity contribution in [1.82, 2.24) is 10.6 Å². The SMILES string of the molecule is COc1ccc(C)cc1C(C)NC(C)C(=O)NC(C)C. The van der Waals surface area contributed by atoms with Crippen molar-refractivity contribution in [2.75, 3.05) is 7.11 Å². The average Bonchev–Trinajstić information content (AvgIpc) is 2.37. The molecule has 0 bridgehead atoms. The first kappa shape index (κ1) is 16.5. The van der Waals surface area contributed by atoms with E-state index >= 15 is 0 Å². The van der Waals surface area contributed by atoms with Crippen molar-refractivity contribution < 1.29 is 9.53 Å². The maximum absolute atomic E-state index is 11.9. The molecule has 1 amide bonds. The molecule has 4 nitrogen and oxygen atoms in total. The van der Waals surface area contributed by atoms with Crippen molar-refractivity contribution in [1.29, 1.82) is 0 Å². The van der Waals surface area contributed by atoms with Gasteiger partial charge in [-0.25, -0.2) is 0 Å². The summed E-state index contributed by atoms with van der Waals surface area (Å²) < 4.78 is 5.39. The molecule has 2 unspecified atom stereocenters. The highest BCUT2D eigenvalue weighted by molar-refractivity contribution is 5.81. The van der Waals surface area contributed by atoms with E-state index in [1.165, 1.54) is 5.56 Å². The molecule has 1 aromatic carbocycles. The van der Waals surface area contributed by atoms with Gasteiger partial charge in [-0.2, -0.15) is 0 Å². The molecule has 0 spiro atoms. The van der Waals surface area contributed by atoms with Gasteiger partial charge in [0.1, 0.15) is 5.75 Å². The Kier molecular flexibility index (Phi) is 6.02. The predicted molar refractivity (Wildman–Crippen MR) is 82.0 cm³/mol. The molecular weight excluding hydrogens is 252 g/mol. The van der Waals surface area contributed by atoms with Gasteiger partial charge in [0, 0.05) is 17.6 Å². The molecule has 2 atom stereocenters. The van der Waals surface area contributed by atoms with Crippen molar-refractivity contribution in [2.45, 2.75) is 52.7 Å². The van der Waals surface area contributed by atoms with Crippen molar-refractivity contribution in [3.8, 4) is 5.75 Å². The molecule has 0 aliphatic heterocycles. The van der Waals surface area contributed by atoms with Gasteiger partial charge < -0.3 is 10.1 Å². The monoisotopic (exact) mass is 278 g/mol. The lowest BCUT2D eigenvalue weighted by Gasteiger charge is -2.22. The summed E-state index contributed by atoms with van der Waals surface area (Å²) in [5.41, 5.74) is 2.24. The van der Waals surface area contributed by atoms with E-state index in [2.05, 4.69) is 16.7 Å². The van der Waals surface area contributed by atoms with Crippen LogP contribution in [0.15, 0.2) is 18.2 Å². The standard InChI is InChI=1S/C16H26N2O2/c1-10(2)17-16(19)13(5)18-12(4)14-9-11(3)7-8-15(14)20-6/h7-10,12-13,18H,1-6H3,(H,17,19). The first-order valence-corrected chi connectivity index (χ1v) is 7.06. The highest BCUT2D eigenvalue weighted by atomic mass is 16.5. The minimum Gasteiger partial charge on any atom is -0.496 e. The molecule has 4 heteroatoms. The molecule has 0 saturated heterocycles. The van der Waals surface area contributed by atoms with E-state index in [0.717, 1.165) is 11.3 Å². The van der Waals surface area contributed by atoms with E-state index in [9.17, 15) is 4.79 Å². The van der Waals surface area contributed by atoms with E-state index in [-0.39, 0.29) is 24.0 Å². The zero-order valence-corrected chi connectivity index (χ0v) is 13.3. The lowest BCUT2D eigenvalue weighted by Crippen LogP contribution is -2.45. The maximum atomic E-state index is 11.9. The zero-order valence-electron chi connectivity index (χ0n) is 13.3. The molecule has 0 radical (unpaired) electrons. The Labute approximate surface area is 121 Å². The number of hydrogen-bond acceptors (Lipinski definition) is 3. The zero-order chi connectivity index (χ0) is 15.3. The Morgan fingerprint density at radius 3 is 2.40 bits per heavy atom. The summed E-state index contributed by atoms with van der Waals surface area (Å²) in [6.07, 6.45) is 0. The summed E-state index contributed by atoms with van der Waals surface area (Å²) >= 11 is 0. The summed E-state index contributed by atoms with van der Waals surface area (Å²) in [6, 6.07) is 6.00. The van der Waals surface area contributed by atoms with Gasteiger partial charge in [-0.15, -0.1) is 0 Å². The first-order valence-electron chi connectivity index (χ1n) is 7.06. The first-order chi connectivity index (χ1) is 9.35. The molecule has 0 saturated carbocycles. The van der Waals surface area contributed by atoms with Crippen LogP contribution in [0.25, 0.3) is 0 Å². The molecule has 0 fully saturated rings. The molecule has 0 heterocycles. The molecule has 2 N–H and O–H groups in total. The summed E-state index contributed by atoms with van der Waals surface area (Å²) in [6.45, 7) is 9.87. The van der Waals surface area contributed by atoms with E-state index in [1.807, 2.05) is 46.8 Å². The predicted octanol–water partition coefficient (Wildman–Crippen LogP) is 2.57. The number of carbonyl (C=O) groups excluding carboxylic acids is 1. The van der Waals surface area contributed by atoms with Crippen LogP contribution in [0, 0.1) is 6.92 Å². The lowest BCUT2D eigenvalue weighted by molar-refractivity contribution is -0.123. The fourth-order valence-corrected chi connectivity index (χ4v) is 2.14. The van der Waals surface area contributed by atoms with Gasteiger partial charge in [-0.3, -0.25) is 10.1 Å². The van der Waals surface area contributed by atoms with Gasteiger partial charge in [0.05, 0.1) is 13.2 Å². The van der Waals surface area contributed by atoms with Crippen LogP contribution < -0.4 is 15.4 Å². The van der Waals surface area contributed by atoms with Crippen LogP contribution in [0.5, 0.6) is 5.75 Å². The third-order valence-electron chi connectivity index (χ3n) is 3.18. The number of rotatable bonds is 6. The van der Waals surface area contributed by atoms with Gasteiger partial charge >= 0.3 is 0 Å². The van der Waals surface area contributed by atoms with Gasteiger partial charge in [0.15, 0.2) is 0 Å². The molecule has 1 aromatic rings. The van der Waals surface area contributed by atoms with Crippen LogP contribution >= 0.6 is 0 Å². The van der Waals surface area contributed by atoms with Gasteiger partial charge in [-0.05, 0) is 40.7 Å². The quantitative estimate of drug-likeness (QED) is 0.841. The maximum Gasteiger partial charge on any atom is 0.237 e. The Morgan fingerprint density at radius 1 is 1.20 bits per heavy atom. The van der Waals surface area contributed by atoms with Crippen molar-refractivity contribution >= 4 is 5.91 Å². The number of benzene rings is 1. The van der Waals surface area contributed by atoms with Crippen LogP contribution in [-0.2, 0) is 4.79 Å². The van der Waals surface area contributed by atoms with E-state index in [1.54, 1.807) is 7.11 Å². The smallest absolute Gasteiger partial charge is 0.237 e. The highest BCUT2D eigenvalue weighted by Gasteiger charge is 2.18. The van der Waals surface area contributed by atoms with Gasteiger partial charge in [-0.1, -0.05) is 17.7 Å². The number of amides is 1. The van der Waals surface area contributed by atoms with Crippen LogP contribution in [-0.4, -0.2) is 25.1 Å². The number of ether oxygens (including phenoxy) is 1.